The number of nitrogens with zero attached hydrogens (tertiary/aromatic N) is 1. The Bertz CT molecular complexity index is 324. The van der Waals surface area contributed by atoms with Gasteiger partial charge in [0.15, 0.2) is 0 Å². The van der Waals surface area contributed by atoms with Crippen LogP contribution in [0.4, 0.5) is 0 Å². The fourth-order valence-electron chi connectivity index (χ4n) is 3.53. The number of carbonyl (C=O) groups excluding carboxylic acids is 1. The molecule has 1 saturated carbocycles. The zero-order valence-electron chi connectivity index (χ0n) is 13.4. The summed E-state index contributed by atoms with van der Waals surface area (Å²) in [6, 6.07) is 0.313. The van der Waals surface area contributed by atoms with Crippen molar-refractivity contribution in [1.82, 2.24) is 10.2 Å². The van der Waals surface area contributed by atoms with Gasteiger partial charge in [-0.2, -0.15) is 0 Å². The van der Waals surface area contributed by atoms with Gasteiger partial charge < -0.3 is 10.1 Å². The van der Waals surface area contributed by atoms with Gasteiger partial charge in [0.05, 0.1) is 18.2 Å². The van der Waals surface area contributed by atoms with Gasteiger partial charge >= 0.3 is 0 Å². The first-order chi connectivity index (χ1) is 9.47. The second-order valence-electron chi connectivity index (χ2n) is 6.76. The van der Waals surface area contributed by atoms with E-state index in [1.807, 2.05) is 6.92 Å². The summed E-state index contributed by atoms with van der Waals surface area (Å²) < 4.78 is 5.74. The third-order valence-corrected chi connectivity index (χ3v) is 4.81. The summed E-state index contributed by atoms with van der Waals surface area (Å²) in [5.41, 5.74) is 0. The number of amides is 1. The van der Waals surface area contributed by atoms with Gasteiger partial charge in [-0.1, -0.05) is 19.8 Å². The molecule has 5 atom stereocenters. The Kier molecular flexibility index (Phi) is 5.44. The van der Waals surface area contributed by atoms with Crippen LogP contribution < -0.4 is 5.32 Å². The fraction of sp³-hybridized carbons (Fsp3) is 0.938. The molecular formula is C16H30N2O2. The van der Waals surface area contributed by atoms with Crippen molar-refractivity contribution in [1.29, 1.82) is 0 Å². The normalized spacial score (nSPS) is 37.4. The Labute approximate surface area is 123 Å². The van der Waals surface area contributed by atoms with Crippen LogP contribution in [0.25, 0.3) is 0 Å². The van der Waals surface area contributed by atoms with E-state index in [0.717, 1.165) is 19.5 Å². The van der Waals surface area contributed by atoms with Crippen LogP contribution in [-0.4, -0.2) is 48.2 Å². The Morgan fingerprint density at radius 2 is 1.75 bits per heavy atom. The van der Waals surface area contributed by atoms with Gasteiger partial charge in [0.2, 0.25) is 5.91 Å². The molecule has 0 bridgehead atoms. The highest BCUT2D eigenvalue weighted by molar-refractivity contribution is 5.81. The van der Waals surface area contributed by atoms with Crippen molar-refractivity contribution in [3.05, 3.63) is 0 Å². The summed E-state index contributed by atoms with van der Waals surface area (Å²) in [5, 5.41) is 3.27. The molecule has 1 aliphatic heterocycles. The molecule has 1 aliphatic carbocycles. The topological polar surface area (TPSA) is 41.6 Å². The lowest BCUT2D eigenvalue weighted by Gasteiger charge is -2.39. The molecule has 0 unspecified atom stereocenters. The third kappa shape index (κ3) is 3.95. The standard InChI is InChI=1S/C16H30N2O2/c1-11-7-5-6-8-15(11)17-16(19)14(4)18-9-12(2)20-13(3)10-18/h11-15H,5-10H2,1-4H3,(H,17,19)/t11-,12-,13+,14+,15-/m0/s1. The van der Waals surface area contributed by atoms with Crippen LogP contribution >= 0.6 is 0 Å². The summed E-state index contributed by atoms with van der Waals surface area (Å²) in [6.45, 7) is 10.1. The fourth-order valence-corrected chi connectivity index (χ4v) is 3.53. The molecule has 1 heterocycles. The summed E-state index contributed by atoms with van der Waals surface area (Å²) >= 11 is 0. The number of ether oxygens (including phenoxy) is 1. The molecule has 1 saturated heterocycles. The maximum atomic E-state index is 12.5. The lowest BCUT2D eigenvalue weighted by Crippen LogP contribution is -2.55. The second-order valence-corrected chi connectivity index (χ2v) is 6.76. The van der Waals surface area contributed by atoms with E-state index in [-0.39, 0.29) is 24.2 Å². The number of nitrogens with one attached hydrogen (secondary N) is 1. The lowest BCUT2D eigenvalue weighted by molar-refractivity contribution is -0.133. The van der Waals surface area contributed by atoms with E-state index in [1.165, 1.54) is 19.3 Å². The molecule has 2 rings (SSSR count). The SMILES string of the molecule is C[C@@H]1CN([C@H](C)C(=O)N[C@H]2CCCC[C@@H]2C)C[C@H](C)O1. The van der Waals surface area contributed by atoms with Gasteiger partial charge in [0.1, 0.15) is 0 Å². The molecule has 1 amide bonds. The van der Waals surface area contributed by atoms with Gasteiger partial charge in [-0.05, 0) is 39.5 Å². The van der Waals surface area contributed by atoms with Crippen molar-refractivity contribution in [3.8, 4) is 0 Å². The summed E-state index contributed by atoms with van der Waals surface area (Å²) in [6.07, 6.45) is 5.35. The molecule has 0 radical (unpaired) electrons. The third-order valence-electron chi connectivity index (χ3n) is 4.81. The Balaban J connectivity index is 1.87. The second kappa shape index (κ2) is 6.90. The first-order valence-corrected chi connectivity index (χ1v) is 8.17. The smallest absolute Gasteiger partial charge is 0.237 e. The molecule has 2 aliphatic rings. The molecule has 4 heteroatoms. The average molecular weight is 282 g/mol. The van der Waals surface area contributed by atoms with Gasteiger partial charge in [0.25, 0.3) is 0 Å². The zero-order valence-corrected chi connectivity index (χ0v) is 13.4. The minimum absolute atomic E-state index is 0.0575. The highest BCUT2D eigenvalue weighted by Gasteiger charge is 2.31. The van der Waals surface area contributed by atoms with Crippen LogP contribution in [0.5, 0.6) is 0 Å². The number of hydrogen-bond acceptors (Lipinski definition) is 3. The van der Waals surface area contributed by atoms with E-state index in [1.54, 1.807) is 0 Å². The molecule has 116 valence electrons. The molecule has 0 aromatic rings. The largest absolute Gasteiger partial charge is 0.373 e. The quantitative estimate of drug-likeness (QED) is 0.862. The van der Waals surface area contributed by atoms with Gasteiger partial charge in [-0.25, -0.2) is 0 Å². The Morgan fingerprint density at radius 3 is 2.35 bits per heavy atom. The summed E-state index contributed by atoms with van der Waals surface area (Å²) in [4.78, 5) is 14.7. The lowest BCUT2D eigenvalue weighted by atomic mass is 9.86. The average Bonchev–Trinajstić information content (AvgIpc) is 2.39. The van der Waals surface area contributed by atoms with Crippen molar-refractivity contribution >= 4 is 5.91 Å². The monoisotopic (exact) mass is 282 g/mol. The number of morpholine rings is 1. The van der Waals surface area contributed by atoms with Crippen LogP contribution in [0.1, 0.15) is 53.4 Å². The van der Waals surface area contributed by atoms with Crippen LogP contribution in [0, 0.1) is 5.92 Å². The van der Waals surface area contributed by atoms with Crippen LogP contribution in [0.2, 0.25) is 0 Å². The Hall–Kier alpha value is -0.610. The number of rotatable bonds is 3. The van der Waals surface area contributed by atoms with Crippen LogP contribution in [0.3, 0.4) is 0 Å². The molecule has 0 aromatic carbocycles. The molecule has 1 N–H and O–H groups in total. The highest BCUT2D eigenvalue weighted by Crippen LogP contribution is 2.24. The van der Waals surface area contributed by atoms with E-state index >= 15 is 0 Å². The Morgan fingerprint density at radius 1 is 1.15 bits per heavy atom. The van der Waals surface area contributed by atoms with Crippen LogP contribution in [-0.2, 0) is 9.53 Å². The molecular weight excluding hydrogens is 252 g/mol. The maximum Gasteiger partial charge on any atom is 0.237 e. The van der Waals surface area contributed by atoms with Gasteiger partial charge in [-0.3, -0.25) is 9.69 Å². The highest BCUT2D eigenvalue weighted by atomic mass is 16.5. The molecule has 0 spiro atoms. The van der Waals surface area contributed by atoms with E-state index in [4.69, 9.17) is 4.74 Å². The van der Waals surface area contributed by atoms with Gasteiger partial charge in [0, 0.05) is 19.1 Å². The van der Waals surface area contributed by atoms with Crippen LogP contribution in [0.15, 0.2) is 0 Å². The number of carbonyl (C=O) groups is 1. The minimum Gasteiger partial charge on any atom is -0.373 e. The zero-order chi connectivity index (χ0) is 14.7. The van der Waals surface area contributed by atoms with E-state index in [2.05, 4.69) is 31.0 Å². The first-order valence-electron chi connectivity index (χ1n) is 8.17. The van der Waals surface area contributed by atoms with Gasteiger partial charge in [-0.15, -0.1) is 0 Å². The van der Waals surface area contributed by atoms with E-state index < -0.39 is 0 Å². The molecule has 2 fully saturated rings. The first kappa shape index (κ1) is 15.8. The summed E-state index contributed by atoms with van der Waals surface area (Å²) in [5.74, 6) is 0.799. The predicted molar refractivity (Wildman–Crippen MR) is 80.6 cm³/mol. The number of hydrogen-bond donors (Lipinski definition) is 1. The molecule has 20 heavy (non-hydrogen) atoms. The van der Waals surface area contributed by atoms with E-state index in [0.29, 0.717) is 12.0 Å². The van der Waals surface area contributed by atoms with Crippen molar-refractivity contribution in [2.45, 2.75) is 77.7 Å². The van der Waals surface area contributed by atoms with Crippen molar-refractivity contribution < 1.29 is 9.53 Å². The van der Waals surface area contributed by atoms with E-state index in [9.17, 15) is 4.79 Å². The van der Waals surface area contributed by atoms with Crippen molar-refractivity contribution in [2.24, 2.45) is 5.92 Å². The molecule has 0 aromatic heterocycles. The predicted octanol–water partition coefficient (Wildman–Crippen LogP) is 2.18. The maximum absolute atomic E-state index is 12.5. The molecule has 4 nitrogen and oxygen atoms in total. The minimum atomic E-state index is -0.0575. The van der Waals surface area contributed by atoms with Crippen molar-refractivity contribution in [3.63, 3.8) is 0 Å². The summed E-state index contributed by atoms with van der Waals surface area (Å²) in [7, 11) is 0. The van der Waals surface area contributed by atoms with Crippen molar-refractivity contribution in [2.75, 3.05) is 13.1 Å².